The number of hydrogen-bond donors (Lipinski definition) is 0. The first-order chi connectivity index (χ1) is 12.2. The molecule has 0 bridgehead atoms. The zero-order valence-corrected chi connectivity index (χ0v) is 16.5. The van der Waals surface area contributed by atoms with Crippen LogP contribution in [-0.4, -0.2) is 46.4 Å². The zero-order chi connectivity index (χ0) is 19.5. The molecule has 140 valence electrons. The summed E-state index contributed by atoms with van der Waals surface area (Å²) in [4.78, 5) is 14.2. The fourth-order valence-electron chi connectivity index (χ4n) is 2.50. The number of sulfonamides is 1. The van der Waals surface area contributed by atoms with Crippen LogP contribution in [0.25, 0.3) is 0 Å². The molecule has 0 aliphatic rings. The minimum atomic E-state index is -3.75. The number of amides is 1. The highest BCUT2D eigenvalue weighted by Gasteiger charge is 2.26. The van der Waals surface area contributed by atoms with Crippen molar-refractivity contribution in [1.82, 2.24) is 4.31 Å². The predicted molar refractivity (Wildman–Crippen MR) is 102 cm³/mol. The Hall–Kier alpha value is -2.38. The van der Waals surface area contributed by atoms with Crippen molar-refractivity contribution in [1.29, 1.82) is 0 Å². The summed E-state index contributed by atoms with van der Waals surface area (Å²) in [6.07, 6.45) is 0. The monoisotopic (exact) mass is 376 g/mol. The Balaban J connectivity index is 2.20. The van der Waals surface area contributed by atoms with Crippen LogP contribution in [0.1, 0.15) is 11.1 Å². The summed E-state index contributed by atoms with van der Waals surface area (Å²) in [5, 5.41) is 0. The predicted octanol–water partition coefficient (Wildman–Crippen LogP) is 2.60. The molecule has 0 unspecified atom stereocenters. The Morgan fingerprint density at radius 2 is 1.77 bits per heavy atom. The molecule has 0 aliphatic carbocycles. The quantitative estimate of drug-likeness (QED) is 0.777. The summed E-state index contributed by atoms with van der Waals surface area (Å²) in [5.74, 6) is 0.285. The topological polar surface area (TPSA) is 66.9 Å². The molecular weight excluding hydrogens is 352 g/mol. The molecule has 2 aromatic rings. The summed E-state index contributed by atoms with van der Waals surface area (Å²) < 4.78 is 31.9. The van der Waals surface area contributed by atoms with Crippen LogP contribution >= 0.6 is 0 Å². The highest BCUT2D eigenvalue weighted by Crippen LogP contribution is 2.22. The second-order valence-corrected chi connectivity index (χ2v) is 8.20. The van der Waals surface area contributed by atoms with E-state index in [4.69, 9.17) is 4.74 Å². The largest absolute Gasteiger partial charge is 0.497 e. The van der Waals surface area contributed by atoms with Gasteiger partial charge in [-0.2, -0.15) is 4.31 Å². The van der Waals surface area contributed by atoms with Crippen LogP contribution in [0, 0.1) is 13.8 Å². The Labute approximate surface area is 155 Å². The summed E-state index contributed by atoms with van der Waals surface area (Å²) in [6.45, 7) is 3.31. The lowest BCUT2D eigenvalue weighted by Gasteiger charge is -2.23. The first-order valence-electron chi connectivity index (χ1n) is 8.11. The van der Waals surface area contributed by atoms with Gasteiger partial charge >= 0.3 is 0 Å². The van der Waals surface area contributed by atoms with Crippen molar-refractivity contribution in [3.05, 3.63) is 53.6 Å². The van der Waals surface area contributed by atoms with Gasteiger partial charge in [-0.1, -0.05) is 18.2 Å². The molecule has 2 aromatic carbocycles. The maximum atomic E-state index is 12.8. The van der Waals surface area contributed by atoms with Crippen LogP contribution in [0.2, 0.25) is 0 Å². The van der Waals surface area contributed by atoms with E-state index in [9.17, 15) is 13.2 Å². The van der Waals surface area contributed by atoms with E-state index in [1.54, 1.807) is 57.5 Å². The average molecular weight is 376 g/mol. The van der Waals surface area contributed by atoms with Crippen molar-refractivity contribution in [3.63, 3.8) is 0 Å². The maximum absolute atomic E-state index is 12.8. The summed E-state index contributed by atoms with van der Waals surface area (Å²) in [7, 11) is 0.810. The second kappa shape index (κ2) is 7.88. The zero-order valence-electron chi connectivity index (χ0n) is 15.7. The molecule has 0 fully saturated rings. The first-order valence-corrected chi connectivity index (χ1v) is 9.55. The minimum Gasteiger partial charge on any atom is -0.497 e. The van der Waals surface area contributed by atoms with Crippen LogP contribution in [0.15, 0.2) is 47.4 Å². The van der Waals surface area contributed by atoms with Crippen LogP contribution in [0.3, 0.4) is 0 Å². The molecule has 0 aromatic heterocycles. The molecule has 0 heterocycles. The van der Waals surface area contributed by atoms with Crippen LogP contribution in [0.5, 0.6) is 5.75 Å². The summed E-state index contributed by atoms with van der Waals surface area (Å²) in [5.41, 5.74) is 2.13. The smallest absolute Gasteiger partial charge is 0.243 e. The lowest BCUT2D eigenvalue weighted by Crippen LogP contribution is -2.39. The van der Waals surface area contributed by atoms with E-state index in [1.807, 2.05) is 13.0 Å². The van der Waals surface area contributed by atoms with Gasteiger partial charge in [0.15, 0.2) is 0 Å². The molecule has 6 nitrogen and oxygen atoms in total. The van der Waals surface area contributed by atoms with Crippen molar-refractivity contribution in [2.45, 2.75) is 18.7 Å². The van der Waals surface area contributed by atoms with Crippen molar-refractivity contribution in [2.24, 2.45) is 0 Å². The van der Waals surface area contributed by atoms with Gasteiger partial charge in [-0.3, -0.25) is 4.79 Å². The molecule has 0 saturated carbocycles. The number of carbonyl (C=O) groups excluding carboxylic acids is 1. The van der Waals surface area contributed by atoms with Gasteiger partial charge in [0.05, 0.1) is 18.6 Å². The van der Waals surface area contributed by atoms with Crippen molar-refractivity contribution >= 4 is 21.6 Å². The van der Waals surface area contributed by atoms with E-state index < -0.39 is 10.0 Å². The van der Waals surface area contributed by atoms with Gasteiger partial charge in [-0.15, -0.1) is 0 Å². The molecule has 1 amide bonds. The fourth-order valence-corrected chi connectivity index (χ4v) is 3.92. The molecule has 0 saturated heterocycles. The van der Waals surface area contributed by atoms with E-state index in [0.717, 1.165) is 9.87 Å². The number of benzene rings is 2. The first kappa shape index (κ1) is 19.9. The third kappa shape index (κ3) is 4.23. The molecule has 0 spiro atoms. The molecule has 0 aliphatic heterocycles. The second-order valence-electron chi connectivity index (χ2n) is 6.18. The van der Waals surface area contributed by atoms with Gasteiger partial charge in [0, 0.05) is 25.8 Å². The van der Waals surface area contributed by atoms with E-state index >= 15 is 0 Å². The van der Waals surface area contributed by atoms with Crippen molar-refractivity contribution in [3.8, 4) is 5.75 Å². The lowest BCUT2D eigenvalue weighted by molar-refractivity contribution is -0.118. The highest BCUT2D eigenvalue weighted by molar-refractivity contribution is 7.89. The number of hydrogen-bond acceptors (Lipinski definition) is 4. The Kier molecular flexibility index (Phi) is 6.05. The van der Waals surface area contributed by atoms with E-state index in [0.29, 0.717) is 17.0 Å². The Morgan fingerprint density at radius 3 is 2.42 bits per heavy atom. The minimum absolute atomic E-state index is 0.219. The molecular formula is C19H24N2O4S. The van der Waals surface area contributed by atoms with Gasteiger partial charge in [0.25, 0.3) is 0 Å². The number of aryl methyl sites for hydroxylation is 2. The number of anilines is 1. The standard InChI is InChI=1S/C19H24N2O4S/c1-14-9-10-15(2)18(11-14)26(23,24)20(3)13-19(22)21(4)16-7-6-8-17(12-16)25-5/h6-12H,13H2,1-5H3. The van der Waals surface area contributed by atoms with Crippen LogP contribution < -0.4 is 9.64 Å². The van der Waals surface area contributed by atoms with Crippen molar-refractivity contribution < 1.29 is 17.9 Å². The maximum Gasteiger partial charge on any atom is 0.243 e. The van der Waals surface area contributed by atoms with Gasteiger partial charge in [-0.25, -0.2) is 8.42 Å². The van der Waals surface area contributed by atoms with Gasteiger partial charge in [-0.05, 0) is 43.2 Å². The third-order valence-electron chi connectivity index (χ3n) is 4.20. The third-order valence-corrected chi connectivity index (χ3v) is 6.15. The number of likely N-dealkylation sites (N-methyl/N-ethyl adjacent to an activating group) is 2. The van der Waals surface area contributed by atoms with E-state index in [-0.39, 0.29) is 17.3 Å². The Morgan fingerprint density at radius 1 is 1.08 bits per heavy atom. The number of carbonyl (C=O) groups is 1. The van der Waals surface area contributed by atoms with Gasteiger partial charge < -0.3 is 9.64 Å². The molecule has 0 atom stereocenters. The fraction of sp³-hybridized carbons (Fsp3) is 0.316. The number of rotatable bonds is 6. The molecule has 2 rings (SSSR count). The van der Waals surface area contributed by atoms with Gasteiger partial charge in [0.1, 0.15) is 5.75 Å². The molecule has 26 heavy (non-hydrogen) atoms. The number of nitrogens with zero attached hydrogens (tertiary/aromatic N) is 2. The van der Waals surface area contributed by atoms with Crippen molar-refractivity contribution in [2.75, 3.05) is 32.6 Å². The molecule has 0 radical (unpaired) electrons. The number of ether oxygens (including phenoxy) is 1. The van der Waals surface area contributed by atoms with Gasteiger partial charge in [0.2, 0.25) is 15.9 Å². The average Bonchev–Trinajstić information content (AvgIpc) is 2.62. The van der Waals surface area contributed by atoms with Crippen LogP contribution in [-0.2, 0) is 14.8 Å². The molecule has 7 heteroatoms. The van der Waals surface area contributed by atoms with E-state index in [2.05, 4.69) is 0 Å². The highest BCUT2D eigenvalue weighted by atomic mass is 32.2. The summed E-state index contributed by atoms with van der Waals surface area (Å²) in [6, 6.07) is 12.3. The SMILES string of the molecule is COc1cccc(N(C)C(=O)CN(C)S(=O)(=O)c2cc(C)ccc2C)c1. The summed E-state index contributed by atoms with van der Waals surface area (Å²) >= 11 is 0. The normalized spacial score (nSPS) is 11.5. The Bertz CT molecular complexity index is 910. The lowest BCUT2D eigenvalue weighted by atomic mass is 10.2. The molecule has 0 N–H and O–H groups in total. The van der Waals surface area contributed by atoms with Crippen LogP contribution in [0.4, 0.5) is 5.69 Å². The number of methoxy groups -OCH3 is 1. The van der Waals surface area contributed by atoms with E-state index in [1.165, 1.54) is 11.9 Å².